The van der Waals surface area contributed by atoms with Gasteiger partial charge >= 0.3 is 12.0 Å². The molecule has 2 amide bonds. The predicted molar refractivity (Wildman–Crippen MR) is 55.0 cm³/mol. The molecule has 1 heterocycles. The first-order valence-corrected chi connectivity index (χ1v) is 4.84. The van der Waals surface area contributed by atoms with E-state index in [0.29, 0.717) is 11.3 Å². The Hall–Kier alpha value is -1.52. The molecule has 1 aliphatic rings. The number of carbonyl (C=O) groups excluding carboxylic acids is 2. The third kappa shape index (κ3) is 2.29. The average molecular weight is 212 g/mol. The van der Waals surface area contributed by atoms with E-state index in [2.05, 4.69) is 15.4 Å². The quantitative estimate of drug-likeness (QED) is 0.664. The van der Waals surface area contributed by atoms with E-state index >= 15 is 0 Å². The van der Waals surface area contributed by atoms with Gasteiger partial charge in [0.15, 0.2) is 0 Å². The lowest BCUT2D eigenvalue weighted by molar-refractivity contribution is -0.136. The molecular formula is C10H16N2O3. The van der Waals surface area contributed by atoms with Gasteiger partial charge in [-0.15, -0.1) is 0 Å². The van der Waals surface area contributed by atoms with Crippen LogP contribution in [0.5, 0.6) is 0 Å². The highest BCUT2D eigenvalue weighted by atomic mass is 16.5. The third-order valence-electron chi connectivity index (χ3n) is 2.37. The normalized spacial score (nSPS) is 21.1. The largest absolute Gasteiger partial charge is 0.466 e. The number of ether oxygens (including phenoxy) is 1. The van der Waals surface area contributed by atoms with Crippen molar-refractivity contribution in [1.29, 1.82) is 0 Å². The van der Waals surface area contributed by atoms with Crippen LogP contribution in [0, 0.1) is 5.92 Å². The van der Waals surface area contributed by atoms with Gasteiger partial charge in [-0.05, 0) is 12.8 Å². The van der Waals surface area contributed by atoms with Crippen molar-refractivity contribution in [2.75, 3.05) is 7.11 Å². The van der Waals surface area contributed by atoms with Gasteiger partial charge in [0.05, 0.1) is 18.7 Å². The minimum Gasteiger partial charge on any atom is -0.466 e. The first-order valence-electron chi connectivity index (χ1n) is 4.84. The summed E-state index contributed by atoms with van der Waals surface area (Å²) in [4.78, 5) is 22.8. The Kier molecular flexibility index (Phi) is 3.34. The van der Waals surface area contributed by atoms with E-state index in [1.165, 1.54) is 7.11 Å². The molecular weight excluding hydrogens is 196 g/mol. The van der Waals surface area contributed by atoms with Crippen molar-refractivity contribution in [3.63, 3.8) is 0 Å². The van der Waals surface area contributed by atoms with E-state index in [4.69, 9.17) is 0 Å². The zero-order valence-electron chi connectivity index (χ0n) is 9.38. The number of hydrogen-bond acceptors (Lipinski definition) is 3. The van der Waals surface area contributed by atoms with E-state index in [0.717, 1.165) is 0 Å². The fourth-order valence-corrected chi connectivity index (χ4v) is 1.61. The van der Waals surface area contributed by atoms with Gasteiger partial charge in [0, 0.05) is 5.70 Å². The number of rotatable bonds is 2. The van der Waals surface area contributed by atoms with Crippen LogP contribution in [0.3, 0.4) is 0 Å². The third-order valence-corrected chi connectivity index (χ3v) is 2.37. The lowest BCUT2D eigenvalue weighted by Crippen LogP contribution is -2.52. The van der Waals surface area contributed by atoms with E-state index in [-0.39, 0.29) is 18.0 Å². The van der Waals surface area contributed by atoms with Crippen molar-refractivity contribution in [2.24, 2.45) is 5.92 Å². The molecule has 0 aromatic carbocycles. The van der Waals surface area contributed by atoms with Crippen molar-refractivity contribution in [3.8, 4) is 0 Å². The molecule has 2 N–H and O–H groups in total. The Labute approximate surface area is 88.9 Å². The second kappa shape index (κ2) is 4.33. The number of esters is 1. The molecule has 1 rings (SSSR count). The fourth-order valence-electron chi connectivity index (χ4n) is 1.61. The van der Waals surface area contributed by atoms with Crippen LogP contribution in [0.4, 0.5) is 4.79 Å². The minimum absolute atomic E-state index is 0.139. The zero-order valence-corrected chi connectivity index (χ0v) is 9.38. The van der Waals surface area contributed by atoms with Gasteiger partial charge in [0.25, 0.3) is 0 Å². The number of hydrogen-bond donors (Lipinski definition) is 2. The van der Waals surface area contributed by atoms with Crippen molar-refractivity contribution in [1.82, 2.24) is 10.6 Å². The van der Waals surface area contributed by atoms with Gasteiger partial charge in [0.1, 0.15) is 0 Å². The summed E-state index contributed by atoms with van der Waals surface area (Å²) in [5.74, 6) is -0.265. The zero-order chi connectivity index (χ0) is 11.6. The minimum atomic E-state index is -0.404. The predicted octanol–water partition coefficient (Wildman–Crippen LogP) is 0.771. The second-order valence-electron chi connectivity index (χ2n) is 3.85. The first kappa shape index (κ1) is 11.6. The Morgan fingerprint density at radius 2 is 2.07 bits per heavy atom. The molecule has 5 nitrogen and oxygen atoms in total. The lowest BCUT2D eigenvalue weighted by atomic mass is 9.93. The summed E-state index contributed by atoms with van der Waals surface area (Å²) in [6.07, 6.45) is 0. The number of methoxy groups -OCH3 is 1. The SMILES string of the molecule is COC(=O)C1=C(C)NC(=O)N[C@H]1C(C)C. The molecule has 0 fully saturated rings. The van der Waals surface area contributed by atoms with Crippen LogP contribution in [-0.4, -0.2) is 25.2 Å². The molecule has 0 saturated carbocycles. The van der Waals surface area contributed by atoms with E-state index in [9.17, 15) is 9.59 Å². The molecule has 0 saturated heterocycles. The molecule has 0 aromatic rings. The molecule has 15 heavy (non-hydrogen) atoms. The van der Waals surface area contributed by atoms with Crippen LogP contribution in [-0.2, 0) is 9.53 Å². The van der Waals surface area contributed by atoms with Crippen molar-refractivity contribution in [3.05, 3.63) is 11.3 Å². The number of carbonyl (C=O) groups is 2. The highest BCUT2D eigenvalue weighted by molar-refractivity contribution is 5.94. The van der Waals surface area contributed by atoms with E-state index in [1.807, 2.05) is 13.8 Å². The smallest absolute Gasteiger partial charge is 0.337 e. The summed E-state index contributed by atoms with van der Waals surface area (Å²) >= 11 is 0. The van der Waals surface area contributed by atoms with Gasteiger partial charge in [-0.1, -0.05) is 13.8 Å². The number of amides is 2. The fraction of sp³-hybridized carbons (Fsp3) is 0.600. The standard InChI is InChI=1S/C10H16N2O3/c1-5(2)8-7(9(13)15-4)6(3)11-10(14)12-8/h5,8H,1-4H3,(H2,11,12,14)/t8-/m0/s1. The Morgan fingerprint density at radius 1 is 1.47 bits per heavy atom. The Morgan fingerprint density at radius 3 is 2.53 bits per heavy atom. The van der Waals surface area contributed by atoms with Gasteiger partial charge < -0.3 is 15.4 Å². The number of allylic oxidation sites excluding steroid dienone is 1. The molecule has 0 bridgehead atoms. The average Bonchev–Trinajstić information content (AvgIpc) is 2.15. The summed E-state index contributed by atoms with van der Waals surface area (Å²) in [6, 6.07) is -0.565. The lowest BCUT2D eigenvalue weighted by Gasteiger charge is -2.29. The molecule has 1 atom stereocenters. The molecule has 0 unspecified atom stereocenters. The highest BCUT2D eigenvalue weighted by Crippen LogP contribution is 2.19. The maximum atomic E-state index is 11.5. The van der Waals surface area contributed by atoms with Crippen molar-refractivity contribution >= 4 is 12.0 Å². The molecule has 0 aromatic heterocycles. The highest BCUT2D eigenvalue weighted by Gasteiger charge is 2.32. The van der Waals surface area contributed by atoms with Crippen LogP contribution >= 0.6 is 0 Å². The molecule has 5 heteroatoms. The van der Waals surface area contributed by atoms with Crippen LogP contribution in [0.15, 0.2) is 11.3 Å². The van der Waals surface area contributed by atoms with Crippen LogP contribution < -0.4 is 10.6 Å². The van der Waals surface area contributed by atoms with Crippen LogP contribution in [0.1, 0.15) is 20.8 Å². The first-order chi connectivity index (χ1) is 6.97. The second-order valence-corrected chi connectivity index (χ2v) is 3.85. The molecule has 84 valence electrons. The van der Waals surface area contributed by atoms with Gasteiger partial charge in [0.2, 0.25) is 0 Å². The topological polar surface area (TPSA) is 67.4 Å². The summed E-state index contributed by atoms with van der Waals surface area (Å²) in [5, 5.41) is 5.26. The maximum Gasteiger partial charge on any atom is 0.337 e. The number of nitrogens with one attached hydrogen (secondary N) is 2. The molecule has 0 spiro atoms. The summed E-state index contributed by atoms with van der Waals surface area (Å²) in [7, 11) is 1.33. The van der Waals surface area contributed by atoms with Crippen LogP contribution in [0.2, 0.25) is 0 Å². The van der Waals surface area contributed by atoms with E-state index < -0.39 is 5.97 Å². The van der Waals surface area contributed by atoms with Gasteiger partial charge in [-0.2, -0.15) is 0 Å². The molecule has 0 aliphatic carbocycles. The summed E-state index contributed by atoms with van der Waals surface area (Å²) in [6.45, 7) is 5.57. The van der Waals surface area contributed by atoms with Crippen molar-refractivity contribution < 1.29 is 14.3 Å². The van der Waals surface area contributed by atoms with Gasteiger partial charge in [-0.25, -0.2) is 9.59 Å². The Bertz CT molecular complexity index is 321. The summed E-state index contributed by atoms with van der Waals surface area (Å²) < 4.78 is 4.69. The number of urea groups is 1. The monoisotopic (exact) mass is 212 g/mol. The molecule has 1 aliphatic heterocycles. The summed E-state index contributed by atoms with van der Waals surface area (Å²) in [5.41, 5.74) is 1.05. The Balaban J connectivity index is 3.08. The van der Waals surface area contributed by atoms with E-state index in [1.54, 1.807) is 6.92 Å². The van der Waals surface area contributed by atoms with Gasteiger partial charge in [-0.3, -0.25) is 0 Å². The van der Waals surface area contributed by atoms with Crippen LogP contribution in [0.25, 0.3) is 0 Å². The molecule has 0 radical (unpaired) electrons. The maximum absolute atomic E-state index is 11.5. The van der Waals surface area contributed by atoms with Crippen molar-refractivity contribution in [2.45, 2.75) is 26.8 Å².